The van der Waals surface area contributed by atoms with Crippen molar-refractivity contribution in [1.29, 1.82) is 0 Å². The number of rotatable bonds is 4. The predicted molar refractivity (Wildman–Crippen MR) is 59.6 cm³/mol. The molecule has 0 aromatic heterocycles. The van der Waals surface area contributed by atoms with Crippen LogP contribution < -0.4 is 0 Å². The van der Waals surface area contributed by atoms with Gasteiger partial charge in [-0.25, -0.2) is 0 Å². The van der Waals surface area contributed by atoms with Gasteiger partial charge in [-0.3, -0.25) is 0 Å². The van der Waals surface area contributed by atoms with Gasteiger partial charge < -0.3 is 14.4 Å². The van der Waals surface area contributed by atoms with Crippen molar-refractivity contribution < 1.29 is 9.47 Å². The zero-order valence-electron chi connectivity index (χ0n) is 10.3. The van der Waals surface area contributed by atoms with E-state index in [4.69, 9.17) is 9.47 Å². The summed E-state index contributed by atoms with van der Waals surface area (Å²) in [4.78, 5) is 2.18. The number of hydrogen-bond donors (Lipinski definition) is 0. The van der Waals surface area contributed by atoms with Crippen LogP contribution in [0.5, 0.6) is 0 Å². The first kappa shape index (κ1) is 13.9. The molecule has 0 aromatic rings. The van der Waals surface area contributed by atoms with Gasteiger partial charge in [-0.15, -0.1) is 0 Å². The van der Waals surface area contributed by atoms with E-state index in [1.165, 1.54) is 6.42 Å². The Morgan fingerprint density at radius 3 is 2.00 bits per heavy atom. The fourth-order valence-corrected chi connectivity index (χ4v) is 1.59. The third-order valence-corrected chi connectivity index (χ3v) is 1.92. The van der Waals surface area contributed by atoms with Gasteiger partial charge in [0.25, 0.3) is 0 Å². The van der Waals surface area contributed by atoms with Crippen molar-refractivity contribution in [2.45, 2.75) is 20.3 Å². The third-order valence-electron chi connectivity index (χ3n) is 1.92. The van der Waals surface area contributed by atoms with Crippen LogP contribution in [0.2, 0.25) is 0 Å². The van der Waals surface area contributed by atoms with Gasteiger partial charge in [0.2, 0.25) is 0 Å². The highest BCUT2D eigenvalue weighted by Crippen LogP contribution is 2.27. The molecule has 1 rings (SSSR count). The van der Waals surface area contributed by atoms with Crippen LogP contribution in [0.3, 0.4) is 0 Å². The highest BCUT2D eigenvalue weighted by Gasteiger charge is 2.38. The molecular formula is C11H25NO2. The van der Waals surface area contributed by atoms with Crippen molar-refractivity contribution in [1.82, 2.24) is 4.90 Å². The van der Waals surface area contributed by atoms with Gasteiger partial charge in [0.1, 0.15) is 0 Å². The van der Waals surface area contributed by atoms with Crippen molar-refractivity contribution in [3.8, 4) is 0 Å². The van der Waals surface area contributed by atoms with Gasteiger partial charge in [-0.2, -0.15) is 0 Å². The molecule has 1 aliphatic rings. The Kier molecular flexibility index (Phi) is 7.15. The van der Waals surface area contributed by atoms with Crippen LogP contribution in [0.15, 0.2) is 0 Å². The van der Waals surface area contributed by atoms with Crippen LogP contribution in [-0.4, -0.2) is 52.5 Å². The molecule has 1 saturated heterocycles. The molecule has 1 aliphatic heterocycles. The van der Waals surface area contributed by atoms with E-state index in [0.717, 1.165) is 26.4 Å². The molecule has 3 nitrogen and oxygen atoms in total. The van der Waals surface area contributed by atoms with Gasteiger partial charge >= 0.3 is 0 Å². The van der Waals surface area contributed by atoms with Crippen LogP contribution in [0, 0.1) is 5.41 Å². The lowest BCUT2D eigenvalue weighted by Gasteiger charge is -2.42. The fraction of sp³-hybridized carbons (Fsp3) is 1.00. The van der Waals surface area contributed by atoms with Gasteiger partial charge in [0, 0.05) is 13.7 Å². The monoisotopic (exact) mass is 203 g/mol. The molecule has 0 spiro atoms. The molecule has 0 aliphatic carbocycles. The Labute approximate surface area is 88.4 Å². The van der Waals surface area contributed by atoms with E-state index in [2.05, 4.69) is 32.8 Å². The molecule has 1 fully saturated rings. The highest BCUT2D eigenvalue weighted by atomic mass is 16.5. The Morgan fingerprint density at radius 1 is 1.29 bits per heavy atom. The molecule has 14 heavy (non-hydrogen) atoms. The Hall–Kier alpha value is -0.120. The summed E-state index contributed by atoms with van der Waals surface area (Å²) in [6, 6.07) is 0. The molecule has 0 aromatic carbocycles. The topological polar surface area (TPSA) is 21.7 Å². The minimum atomic E-state index is 0.276. The van der Waals surface area contributed by atoms with Crippen LogP contribution in [0.25, 0.3) is 0 Å². The number of ether oxygens (including phenoxy) is 2. The number of hydrogen-bond acceptors (Lipinski definition) is 3. The SMILES string of the molecule is CCC.COCC1(CN(C)C)COC1. The van der Waals surface area contributed by atoms with Crippen LogP contribution >= 0.6 is 0 Å². The second-order valence-electron chi connectivity index (χ2n) is 4.37. The fourth-order valence-electron chi connectivity index (χ4n) is 1.59. The molecule has 0 saturated carbocycles. The largest absolute Gasteiger partial charge is 0.384 e. The molecular weight excluding hydrogens is 178 g/mol. The summed E-state index contributed by atoms with van der Waals surface area (Å²) in [7, 11) is 5.90. The molecule has 0 unspecified atom stereocenters. The first-order valence-corrected chi connectivity index (χ1v) is 5.31. The van der Waals surface area contributed by atoms with E-state index >= 15 is 0 Å². The lowest BCUT2D eigenvalue weighted by atomic mass is 9.86. The second kappa shape index (κ2) is 7.21. The molecule has 1 heterocycles. The van der Waals surface area contributed by atoms with E-state index < -0.39 is 0 Å². The molecule has 0 bridgehead atoms. The lowest BCUT2D eigenvalue weighted by Crippen LogP contribution is -2.52. The van der Waals surface area contributed by atoms with Crippen LogP contribution in [0.1, 0.15) is 20.3 Å². The average molecular weight is 203 g/mol. The van der Waals surface area contributed by atoms with E-state index in [1.807, 2.05) is 0 Å². The van der Waals surface area contributed by atoms with Crippen molar-refractivity contribution >= 4 is 0 Å². The van der Waals surface area contributed by atoms with Crippen molar-refractivity contribution in [2.24, 2.45) is 5.41 Å². The van der Waals surface area contributed by atoms with Crippen molar-refractivity contribution in [3.05, 3.63) is 0 Å². The zero-order chi connectivity index (χ0) is 11.0. The maximum atomic E-state index is 5.18. The minimum absolute atomic E-state index is 0.276. The van der Waals surface area contributed by atoms with E-state index in [0.29, 0.717) is 0 Å². The van der Waals surface area contributed by atoms with Crippen molar-refractivity contribution in [2.75, 3.05) is 47.6 Å². The Morgan fingerprint density at radius 2 is 1.79 bits per heavy atom. The first-order valence-electron chi connectivity index (χ1n) is 5.31. The summed E-state index contributed by atoms with van der Waals surface area (Å²) in [5.41, 5.74) is 0.276. The smallest absolute Gasteiger partial charge is 0.0579 e. The highest BCUT2D eigenvalue weighted by molar-refractivity contribution is 4.87. The first-order chi connectivity index (χ1) is 6.60. The summed E-state index contributed by atoms with van der Waals surface area (Å²) in [5, 5.41) is 0. The van der Waals surface area contributed by atoms with E-state index in [9.17, 15) is 0 Å². The minimum Gasteiger partial charge on any atom is -0.384 e. The van der Waals surface area contributed by atoms with Crippen LogP contribution in [-0.2, 0) is 9.47 Å². The summed E-state index contributed by atoms with van der Waals surface area (Å²) in [6.07, 6.45) is 1.25. The quantitative estimate of drug-likeness (QED) is 0.693. The molecule has 0 atom stereocenters. The molecule has 0 N–H and O–H groups in total. The normalized spacial score (nSPS) is 18.4. The summed E-state index contributed by atoms with van der Waals surface area (Å²) >= 11 is 0. The Balaban J connectivity index is 0.000000500. The summed E-state index contributed by atoms with van der Waals surface area (Å²) in [6.45, 7) is 7.81. The standard InChI is InChI=1S/C8H17NO2.C3H8/c1-9(2)4-8(5-10-3)6-11-7-8;1-3-2/h4-7H2,1-3H3;3H2,1-2H3. The third kappa shape index (κ3) is 4.94. The van der Waals surface area contributed by atoms with E-state index in [1.54, 1.807) is 7.11 Å². The second-order valence-corrected chi connectivity index (χ2v) is 4.37. The van der Waals surface area contributed by atoms with Gasteiger partial charge in [0.15, 0.2) is 0 Å². The number of nitrogens with zero attached hydrogens (tertiary/aromatic N) is 1. The zero-order valence-corrected chi connectivity index (χ0v) is 10.3. The molecule has 0 radical (unpaired) electrons. The van der Waals surface area contributed by atoms with Crippen molar-refractivity contribution in [3.63, 3.8) is 0 Å². The molecule has 86 valence electrons. The maximum absolute atomic E-state index is 5.18. The summed E-state index contributed by atoms with van der Waals surface area (Å²) in [5.74, 6) is 0. The lowest BCUT2D eigenvalue weighted by molar-refractivity contribution is -0.150. The summed E-state index contributed by atoms with van der Waals surface area (Å²) < 4.78 is 10.3. The predicted octanol–water partition coefficient (Wildman–Crippen LogP) is 1.63. The van der Waals surface area contributed by atoms with E-state index in [-0.39, 0.29) is 5.41 Å². The number of methoxy groups -OCH3 is 1. The van der Waals surface area contributed by atoms with Gasteiger partial charge in [0.05, 0.1) is 25.2 Å². The maximum Gasteiger partial charge on any atom is 0.0579 e. The van der Waals surface area contributed by atoms with Crippen LogP contribution in [0.4, 0.5) is 0 Å². The van der Waals surface area contributed by atoms with Gasteiger partial charge in [-0.05, 0) is 14.1 Å². The Bertz CT molecular complexity index is 133. The average Bonchev–Trinajstić information content (AvgIpc) is 2.01. The van der Waals surface area contributed by atoms with Gasteiger partial charge in [-0.1, -0.05) is 20.3 Å². The molecule has 0 amide bonds. The molecule has 3 heteroatoms.